The van der Waals surface area contributed by atoms with Gasteiger partial charge in [0.05, 0.1) is 29.8 Å². The Bertz CT molecular complexity index is 1170. The zero-order valence-corrected chi connectivity index (χ0v) is 18.9. The fraction of sp³-hybridized carbons (Fsp3) is 0.478. The van der Waals surface area contributed by atoms with Crippen LogP contribution in [0.5, 0.6) is 0 Å². The zero-order chi connectivity index (χ0) is 24.5. The van der Waals surface area contributed by atoms with Crippen LogP contribution >= 0.6 is 0 Å². The molecule has 3 heterocycles. The van der Waals surface area contributed by atoms with Crippen LogP contribution in [0.2, 0.25) is 0 Å². The van der Waals surface area contributed by atoms with E-state index < -0.39 is 18.6 Å². The quantitative estimate of drug-likeness (QED) is 0.498. The second-order valence-corrected chi connectivity index (χ2v) is 8.77. The van der Waals surface area contributed by atoms with E-state index in [0.29, 0.717) is 29.5 Å². The van der Waals surface area contributed by atoms with Crippen LogP contribution in [0.1, 0.15) is 61.0 Å². The number of aromatic nitrogens is 4. The number of nitrogens with one attached hydrogen (secondary N) is 2. The highest BCUT2D eigenvalue weighted by atomic mass is 19.4. The Balaban J connectivity index is 1.76. The minimum atomic E-state index is -4.30. The third-order valence-electron chi connectivity index (χ3n) is 6.11. The molecule has 3 N–H and O–H groups in total. The smallest absolute Gasteiger partial charge is 0.391 e. The molecule has 34 heavy (non-hydrogen) atoms. The summed E-state index contributed by atoms with van der Waals surface area (Å²) in [5, 5.41) is 19.8. The van der Waals surface area contributed by atoms with Crippen molar-refractivity contribution >= 4 is 17.4 Å². The summed E-state index contributed by atoms with van der Waals surface area (Å²) in [4.78, 5) is 20.6. The SMILES string of the molecule is CNC(=O)c1cncc(-c2cc([C@H]3CC[C@H](O)CC3)n3nc(N[C@@H](C)CC(F)(F)F)ncc23)c1. The molecule has 0 aromatic carbocycles. The van der Waals surface area contributed by atoms with E-state index in [1.54, 1.807) is 30.0 Å². The standard InChI is InChI=1S/C23H27F3N6O2/c1-13(9-23(24,25)26)30-22-29-12-20-18(15-7-16(11-28-10-15)21(34)27-2)8-19(32(20)31-22)14-3-5-17(33)6-4-14/h7-8,10-14,17,33H,3-6,9H2,1-2H3,(H,27,34)(H,30,31)/t13-,14-,17-/m0/s1. The summed E-state index contributed by atoms with van der Waals surface area (Å²) >= 11 is 0. The number of aliphatic hydroxyl groups excluding tert-OH is 1. The van der Waals surface area contributed by atoms with Gasteiger partial charge in [-0.1, -0.05) is 0 Å². The van der Waals surface area contributed by atoms with Gasteiger partial charge in [0.25, 0.3) is 5.91 Å². The summed E-state index contributed by atoms with van der Waals surface area (Å²) in [6.07, 6.45) is 1.92. The number of aliphatic hydroxyl groups is 1. The average Bonchev–Trinajstić information content (AvgIpc) is 3.16. The van der Waals surface area contributed by atoms with Gasteiger partial charge < -0.3 is 15.7 Å². The molecule has 1 amide bonds. The summed E-state index contributed by atoms with van der Waals surface area (Å²) in [5.74, 6) is -0.0449. The molecule has 0 spiro atoms. The maximum Gasteiger partial charge on any atom is 0.391 e. The Morgan fingerprint density at radius 2 is 1.94 bits per heavy atom. The lowest BCUT2D eigenvalue weighted by Crippen LogP contribution is -2.25. The molecule has 0 unspecified atom stereocenters. The molecular formula is C23H27F3N6O2. The van der Waals surface area contributed by atoms with Crippen molar-refractivity contribution in [3.05, 3.63) is 42.0 Å². The number of alkyl halides is 3. The monoisotopic (exact) mass is 476 g/mol. The molecule has 1 atom stereocenters. The number of halogens is 3. The van der Waals surface area contributed by atoms with Gasteiger partial charge in [0, 0.05) is 48.2 Å². The Hall–Kier alpha value is -3.21. The molecular weight excluding hydrogens is 449 g/mol. The van der Waals surface area contributed by atoms with Gasteiger partial charge in [0.1, 0.15) is 0 Å². The molecule has 11 heteroatoms. The number of carbonyl (C=O) groups is 1. The van der Waals surface area contributed by atoms with E-state index in [9.17, 15) is 23.1 Å². The number of anilines is 1. The molecule has 0 saturated heterocycles. The van der Waals surface area contributed by atoms with Crippen molar-refractivity contribution < 1.29 is 23.1 Å². The predicted molar refractivity (Wildman–Crippen MR) is 121 cm³/mol. The van der Waals surface area contributed by atoms with E-state index in [-0.39, 0.29) is 23.9 Å². The average molecular weight is 477 g/mol. The summed E-state index contributed by atoms with van der Waals surface area (Å²) < 4.78 is 40.0. The van der Waals surface area contributed by atoms with Gasteiger partial charge >= 0.3 is 6.18 Å². The van der Waals surface area contributed by atoms with Crippen molar-refractivity contribution in [2.75, 3.05) is 12.4 Å². The number of fused-ring (bicyclic) bond motifs is 1. The molecule has 0 aliphatic heterocycles. The number of rotatable bonds is 6. The van der Waals surface area contributed by atoms with E-state index in [1.165, 1.54) is 13.1 Å². The van der Waals surface area contributed by atoms with E-state index in [4.69, 9.17) is 0 Å². The molecule has 1 saturated carbocycles. The van der Waals surface area contributed by atoms with Crippen molar-refractivity contribution in [2.24, 2.45) is 0 Å². The number of amides is 1. The second kappa shape index (κ2) is 9.57. The first-order valence-corrected chi connectivity index (χ1v) is 11.2. The Morgan fingerprint density at radius 3 is 2.62 bits per heavy atom. The number of nitrogens with zero attached hydrogens (tertiary/aromatic N) is 4. The summed E-state index contributed by atoms with van der Waals surface area (Å²) in [6.45, 7) is 1.43. The Morgan fingerprint density at radius 1 is 1.21 bits per heavy atom. The molecule has 3 aromatic heterocycles. The molecule has 182 valence electrons. The Kier molecular flexibility index (Phi) is 6.74. The van der Waals surface area contributed by atoms with Crippen LogP contribution in [-0.2, 0) is 0 Å². The number of carbonyl (C=O) groups excluding carboxylic acids is 1. The van der Waals surface area contributed by atoms with Crippen molar-refractivity contribution in [3.63, 3.8) is 0 Å². The lowest BCUT2D eigenvalue weighted by Gasteiger charge is -2.25. The lowest BCUT2D eigenvalue weighted by molar-refractivity contribution is -0.136. The lowest BCUT2D eigenvalue weighted by atomic mass is 9.85. The number of hydrogen-bond donors (Lipinski definition) is 3. The first-order valence-electron chi connectivity index (χ1n) is 11.2. The molecule has 4 rings (SSSR count). The third-order valence-corrected chi connectivity index (χ3v) is 6.11. The minimum absolute atomic E-state index is 0.0979. The van der Waals surface area contributed by atoms with Gasteiger partial charge in [-0.15, -0.1) is 5.10 Å². The first kappa shape index (κ1) is 23.9. The van der Waals surface area contributed by atoms with Crippen LogP contribution in [0, 0.1) is 0 Å². The van der Waals surface area contributed by atoms with Crippen molar-refractivity contribution in [3.8, 4) is 11.1 Å². The third kappa shape index (κ3) is 5.30. The predicted octanol–water partition coefficient (Wildman–Crippen LogP) is 3.92. The van der Waals surface area contributed by atoms with Crippen LogP contribution in [-0.4, -0.2) is 56.0 Å². The van der Waals surface area contributed by atoms with Gasteiger partial charge in [-0.3, -0.25) is 9.78 Å². The van der Waals surface area contributed by atoms with Gasteiger partial charge in [0.2, 0.25) is 5.95 Å². The topological polar surface area (TPSA) is 104 Å². The van der Waals surface area contributed by atoms with Crippen LogP contribution in [0.4, 0.5) is 19.1 Å². The fourth-order valence-electron chi connectivity index (χ4n) is 4.45. The fourth-order valence-corrected chi connectivity index (χ4v) is 4.45. The maximum absolute atomic E-state index is 12.8. The van der Waals surface area contributed by atoms with Crippen LogP contribution in [0.15, 0.2) is 30.7 Å². The van der Waals surface area contributed by atoms with Crippen LogP contribution in [0.25, 0.3) is 16.6 Å². The maximum atomic E-state index is 12.8. The van der Waals surface area contributed by atoms with Gasteiger partial charge in [-0.05, 0) is 44.7 Å². The second-order valence-electron chi connectivity index (χ2n) is 8.77. The van der Waals surface area contributed by atoms with Gasteiger partial charge in [-0.2, -0.15) is 13.2 Å². The van der Waals surface area contributed by atoms with Crippen molar-refractivity contribution in [1.82, 2.24) is 24.9 Å². The minimum Gasteiger partial charge on any atom is -0.393 e. The van der Waals surface area contributed by atoms with Crippen LogP contribution < -0.4 is 10.6 Å². The summed E-state index contributed by atoms with van der Waals surface area (Å²) in [6, 6.07) is 2.81. The molecule has 1 aliphatic rings. The van der Waals surface area contributed by atoms with E-state index in [0.717, 1.165) is 24.1 Å². The highest BCUT2D eigenvalue weighted by Gasteiger charge is 2.30. The van der Waals surface area contributed by atoms with Gasteiger partial charge in [-0.25, -0.2) is 9.50 Å². The summed E-state index contributed by atoms with van der Waals surface area (Å²) in [7, 11) is 1.54. The summed E-state index contributed by atoms with van der Waals surface area (Å²) in [5.41, 5.74) is 3.42. The molecule has 1 aliphatic carbocycles. The van der Waals surface area contributed by atoms with Crippen molar-refractivity contribution in [1.29, 1.82) is 0 Å². The first-order chi connectivity index (χ1) is 16.1. The van der Waals surface area contributed by atoms with Crippen molar-refractivity contribution in [2.45, 2.75) is 63.3 Å². The highest BCUT2D eigenvalue weighted by molar-refractivity contribution is 5.95. The Labute approximate surface area is 194 Å². The zero-order valence-electron chi connectivity index (χ0n) is 18.9. The van der Waals surface area contributed by atoms with E-state index >= 15 is 0 Å². The van der Waals surface area contributed by atoms with E-state index in [2.05, 4.69) is 25.7 Å². The number of hydrogen-bond acceptors (Lipinski definition) is 6. The number of pyridine rings is 1. The highest BCUT2D eigenvalue weighted by Crippen LogP contribution is 2.37. The molecule has 8 nitrogen and oxygen atoms in total. The normalized spacial score (nSPS) is 19.7. The molecule has 0 radical (unpaired) electrons. The van der Waals surface area contributed by atoms with E-state index in [1.807, 2.05) is 6.07 Å². The van der Waals surface area contributed by atoms with Crippen LogP contribution in [0.3, 0.4) is 0 Å². The molecule has 1 fully saturated rings. The largest absolute Gasteiger partial charge is 0.393 e. The molecule has 0 bridgehead atoms. The molecule has 3 aromatic rings. The van der Waals surface area contributed by atoms with Gasteiger partial charge in [0.15, 0.2) is 0 Å².